The third-order valence-corrected chi connectivity index (χ3v) is 3.94. The van der Waals surface area contributed by atoms with Crippen LogP contribution >= 0.6 is 0 Å². The first-order chi connectivity index (χ1) is 8.77. The van der Waals surface area contributed by atoms with Gasteiger partial charge in [-0.05, 0) is 56.9 Å². The van der Waals surface area contributed by atoms with Crippen LogP contribution in [-0.4, -0.2) is 11.1 Å². The maximum absolute atomic E-state index is 12.4. The van der Waals surface area contributed by atoms with Crippen LogP contribution in [0.5, 0.6) is 0 Å². The van der Waals surface area contributed by atoms with Crippen molar-refractivity contribution >= 4 is 16.9 Å². The predicted molar refractivity (Wildman–Crippen MR) is 73.1 cm³/mol. The summed E-state index contributed by atoms with van der Waals surface area (Å²) in [4.78, 5) is 23.5. The molecule has 4 heteroatoms. The molecule has 1 aromatic carbocycles. The van der Waals surface area contributed by atoms with Crippen molar-refractivity contribution in [3.63, 3.8) is 0 Å². The van der Waals surface area contributed by atoms with Gasteiger partial charge in [0.25, 0.3) is 0 Å². The van der Waals surface area contributed by atoms with Crippen LogP contribution in [0.2, 0.25) is 0 Å². The van der Waals surface area contributed by atoms with Crippen LogP contribution in [-0.2, 0) is 0 Å². The van der Waals surface area contributed by atoms with Crippen molar-refractivity contribution in [2.45, 2.75) is 34.6 Å². The van der Waals surface area contributed by atoms with Crippen molar-refractivity contribution in [3.8, 4) is 0 Å². The molecular formula is C15H16O4. The fourth-order valence-electron chi connectivity index (χ4n) is 2.35. The van der Waals surface area contributed by atoms with E-state index in [1.165, 1.54) is 6.92 Å². The Balaban J connectivity index is 3.15. The second-order valence-electron chi connectivity index (χ2n) is 4.89. The topological polar surface area (TPSA) is 67.5 Å². The largest absolute Gasteiger partial charge is 0.475 e. The molecule has 0 saturated carbocycles. The molecular weight excluding hydrogens is 244 g/mol. The number of carboxylic acid groups (broad SMARTS) is 1. The highest BCUT2D eigenvalue weighted by Crippen LogP contribution is 2.28. The number of fused-ring (bicyclic) bond motifs is 1. The number of aryl methyl sites for hydroxylation is 2. The quantitative estimate of drug-likeness (QED) is 0.855. The van der Waals surface area contributed by atoms with Crippen molar-refractivity contribution in [3.05, 3.63) is 43.8 Å². The highest BCUT2D eigenvalue weighted by atomic mass is 16.4. The molecule has 0 radical (unpaired) electrons. The van der Waals surface area contributed by atoms with E-state index in [2.05, 4.69) is 0 Å². The first kappa shape index (κ1) is 13.3. The highest BCUT2D eigenvalue weighted by Gasteiger charge is 2.20. The maximum Gasteiger partial charge on any atom is 0.372 e. The van der Waals surface area contributed by atoms with Gasteiger partial charge in [-0.1, -0.05) is 0 Å². The zero-order chi connectivity index (χ0) is 14.5. The van der Waals surface area contributed by atoms with E-state index in [0.717, 1.165) is 22.3 Å². The van der Waals surface area contributed by atoms with Crippen LogP contribution in [0.3, 0.4) is 0 Å². The summed E-state index contributed by atoms with van der Waals surface area (Å²) in [6.07, 6.45) is 0. The average molecular weight is 260 g/mol. The molecule has 0 atom stereocenters. The second kappa shape index (κ2) is 4.23. The molecule has 0 saturated heterocycles. The SMILES string of the molecule is Cc1c(C)c(C)c2c(=O)c(C)c(C(=O)O)oc2c1C. The third kappa shape index (κ3) is 1.75. The standard InChI is InChI=1S/C15H16O4/c1-6-7(2)9(4)13-11(8(6)3)12(16)10(5)14(19-13)15(17)18/h1-5H3,(H,17,18). The molecule has 19 heavy (non-hydrogen) atoms. The van der Waals surface area contributed by atoms with Gasteiger partial charge >= 0.3 is 5.97 Å². The Morgan fingerprint density at radius 1 is 0.895 bits per heavy atom. The fourth-order valence-corrected chi connectivity index (χ4v) is 2.35. The summed E-state index contributed by atoms with van der Waals surface area (Å²) in [5, 5.41) is 9.59. The van der Waals surface area contributed by atoms with Crippen molar-refractivity contribution in [2.24, 2.45) is 0 Å². The molecule has 100 valence electrons. The molecule has 0 aliphatic rings. The predicted octanol–water partition coefficient (Wildman–Crippen LogP) is 3.03. The van der Waals surface area contributed by atoms with E-state index in [9.17, 15) is 9.59 Å². The van der Waals surface area contributed by atoms with Gasteiger partial charge in [0.05, 0.1) is 5.39 Å². The Labute approximate surface area is 110 Å². The summed E-state index contributed by atoms with van der Waals surface area (Å²) in [5.74, 6) is -1.49. The van der Waals surface area contributed by atoms with Gasteiger partial charge in [0.2, 0.25) is 5.76 Å². The number of hydrogen-bond donors (Lipinski definition) is 1. The lowest BCUT2D eigenvalue weighted by molar-refractivity contribution is 0.0661. The van der Waals surface area contributed by atoms with Crippen LogP contribution in [0, 0.1) is 34.6 Å². The number of carbonyl (C=O) groups is 1. The average Bonchev–Trinajstić information content (AvgIpc) is 2.36. The summed E-state index contributed by atoms with van der Waals surface area (Å²) in [6, 6.07) is 0. The summed E-state index contributed by atoms with van der Waals surface area (Å²) < 4.78 is 5.48. The molecule has 0 bridgehead atoms. The summed E-state index contributed by atoms with van der Waals surface area (Å²) in [7, 11) is 0. The van der Waals surface area contributed by atoms with Crippen LogP contribution < -0.4 is 5.43 Å². The molecule has 1 N–H and O–H groups in total. The van der Waals surface area contributed by atoms with E-state index in [0.29, 0.717) is 11.0 Å². The lowest BCUT2D eigenvalue weighted by Crippen LogP contribution is -2.15. The van der Waals surface area contributed by atoms with Gasteiger partial charge in [-0.2, -0.15) is 0 Å². The Morgan fingerprint density at radius 2 is 1.42 bits per heavy atom. The summed E-state index contributed by atoms with van der Waals surface area (Å²) >= 11 is 0. The van der Waals surface area contributed by atoms with E-state index < -0.39 is 5.97 Å². The van der Waals surface area contributed by atoms with Crippen LogP contribution in [0.1, 0.15) is 38.4 Å². The first-order valence-electron chi connectivity index (χ1n) is 6.04. The van der Waals surface area contributed by atoms with Gasteiger partial charge in [0.1, 0.15) is 5.58 Å². The van der Waals surface area contributed by atoms with Crippen LogP contribution in [0.25, 0.3) is 11.0 Å². The lowest BCUT2D eigenvalue weighted by Gasteiger charge is -2.13. The molecule has 0 unspecified atom stereocenters. The van der Waals surface area contributed by atoms with Crippen molar-refractivity contribution in [1.29, 1.82) is 0 Å². The molecule has 0 aliphatic carbocycles. The number of hydrogen-bond acceptors (Lipinski definition) is 3. The van der Waals surface area contributed by atoms with Crippen molar-refractivity contribution in [1.82, 2.24) is 0 Å². The lowest BCUT2D eigenvalue weighted by atomic mass is 9.94. The number of benzene rings is 1. The normalized spacial score (nSPS) is 11.0. The van der Waals surface area contributed by atoms with E-state index in [1.807, 2.05) is 27.7 Å². The second-order valence-corrected chi connectivity index (χ2v) is 4.89. The van der Waals surface area contributed by atoms with E-state index in [-0.39, 0.29) is 16.8 Å². The fraction of sp³-hybridized carbons (Fsp3) is 0.333. The summed E-state index contributed by atoms with van der Waals surface area (Å²) in [6.45, 7) is 9.09. The Kier molecular flexibility index (Phi) is 2.97. The van der Waals surface area contributed by atoms with E-state index >= 15 is 0 Å². The zero-order valence-electron chi connectivity index (χ0n) is 11.7. The Morgan fingerprint density at radius 3 is 1.95 bits per heavy atom. The smallest absolute Gasteiger partial charge is 0.372 e. The van der Waals surface area contributed by atoms with Crippen LogP contribution in [0.4, 0.5) is 0 Å². The summed E-state index contributed by atoms with van der Waals surface area (Å²) in [5.41, 5.74) is 4.00. The molecule has 4 nitrogen and oxygen atoms in total. The zero-order valence-corrected chi connectivity index (χ0v) is 11.7. The van der Waals surface area contributed by atoms with E-state index in [4.69, 9.17) is 9.52 Å². The molecule has 0 aliphatic heterocycles. The molecule has 1 heterocycles. The third-order valence-electron chi connectivity index (χ3n) is 3.94. The van der Waals surface area contributed by atoms with Gasteiger partial charge in [-0.15, -0.1) is 0 Å². The Hall–Kier alpha value is -2.10. The minimum Gasteiger partial charge on any atom is -0.475 e. The minimum absolute atomic E-state index is 0.144. The maximum atomic E-state index is 12.4. The van der Waals surface area contributed by atoms with Gasteiger partial charge in [0, 0.05) is 5.56 Å². The van der Waals surface area contributed by atoms with Crippen molar-refractivity contribution in [2.75, 3.05) is 0 Å². The molecule has 0 amide bonds. The number of carboxylic acids is 1. The van der Waals surface area contributed by atoms with Gasteiger partial charge in [-0.25, -0.2) is 4.79 Å². The molecule has 1 aromatic heterocycles. The number of rotatable bonds is 1. The molecule has 0 fully saturated rings. The Bertz CT molecular complexity index is 766. The van der Waals surface area contributed by atoms with Crippen molar-refractivity contribution < 1.29 is 14.3 Å². The van der Waals surface area contributed by atoms with Gasteiger partial charge in [0.15, 0.2) is 5.43 Å². The van der Waals surface area contributed by atoms with E-state index in [1.54, 1.807) is 0 Å². The highest BCUT2D eigenvalue weighted by molar-refractivity contribution is 5.92. The van der Waals surface area contributed by atoms with Gasteiger partial charge in [-0.3, -0.25) is 4.79 Å². The van der Waals surface area contributed by atoms with Gasteiger partial charge < -0.3 is 9.52 Å². The number of aromatic carboxylic acids is 1. The van der Waals surface area contributed by atoms with Crippen LogP contribution in [0.15, 0.2) is 9.21 Å². The minimum atomic E-state index is -1.22. The monoisotopic (exact) mass is 260 g/mol. The first-order valence-corrected chi connectivity index (χ1v) is 6.04. The molecule has 0 spiro atoms. The molecule has 2 aromatic rings. The molecule has 2 rings (SSSR count).